The van der Waals surface area contributed by atoms with Crippen LogP contribution in [0.15, 0.2) is 54.6 Å². The van der Waals surface area contributed by atoms with Crippen LogP contribution in [0.2, 0.25) is 0 Å². The van der Waals surface area contributed by atoms with Crippen LogP contribution < -0.4 is 27.0 Å². The molecule has 0 fully saturated rings. The molecule has 204 valence electrons. The van der Waals surface area contributed by atoms with E-state index >= 15 is 0 Å². The number of carbonyl (C=O) groups excluding carboxylic acids is 1. The molecule has 0 bridgehead atoms. The Labute approximate surface area is 224 Å². The quantitative estimate of drug-likeness (QED) is 0.168. The summed E-state index contributed by atoms with van der Waals surface area (Å²) >= 11 is 0. The van der Waals surface area contributed by atoms with E-state index in [0.717, 1.165) is 16.8 Å². The predicted octanol–water partition coefficient (Wildman–Crippen LogP) is 2.70. The zero-order valence-corrected chi connectivity index (χ0v) is 22.1. The van der Waals surface area contributed by atoms with Crippen molar-refractivity contribution >= 4 is 29.4 Å². The molecule has 0 aliphatic rings. The highest BCUT2D eigenvalue weighted by atomic mass is 16.5. The molecule has 3 rings (SSSR count). The van der Waals surface area contributed by atoms with Crippen molar-refractivity contribution in [3.63, 3.8) is 0 Å². The first-order valence-electron chi connectivity index (χ1n) is 12.8. The SMILES string of the molecule is CC(C)Nc1nc(NCc2ccccc2)nc(Nc2ccc(CC(=O)NCCOCCOCCN)cc2)n1. The van der Waals surface area contributed by atoms with Gasteiger partial charge in [0.25, 0.3) is 0 Å². The van der Waals surface area contributed by atoms with E-state index in [1.165, 1.54) is 0 Å². The number of nitrogens with zero attached hydrogens (tertiary/aromatic N) is 3. The first kappa shape index (κ1) is 28.8. The van der Waals surface area contributed by atoms with Crippen LogP contribution in [0.5, 0.6) is 0 Å². The highest BCUT2D eigenvalue weighted by molar-refractivity contribution is 5.78. The summed E-state index contributed by atoms with van der Waals surface area (Å²) in [5.41, 5.74) is 8.18. The molecule has 0 atom stereocenters. The van der Waals surface area contributed by atoms with E-state index in [0.29, 0.717) is 63.9 Å². The van der Waals surface area contributed by atoms with Crippen molar-refractivity contribution in [2.75, 3.05) is 55.5 Å². The van der Waals surface area contributed by atoms with E-state index in [4.69, 9.17) is 15.2 Å². The van der Waals surface area contributed by atoms with Crippen molar-refractivity contribution in [1.82, 2.24) is 20.3 Å². The lowest BCUT2D eigenvalue weighted by Crippen LogP contribution is -2.29. The topological polar surface area (TPSA) is 148 Å². The maximum Gasteiger partial charge on any atom is 0.233 e. The molecule has 38 heavy (non-hydrogen) atoms. The second-order valence-electron chi connectivity index (χ2n) is 8.81. The first-order valence-corrected chi connectivity index (χ1v) is 12.8. The molecule has 0 radical (unpaired) electrons. The zero-order valence-electron chi connectivity index (χ0n) is 22.1. The fraction of sp³-hybridized carbons (Fsp3) is 0.407. The molecule has 2 aromatic carbocycles. The molecule has 0 unspecified atom stereocenters. The van der Waals surface area contributed by atoms with E-state index in [1.807, 2.05) is 68.4 Å². The van der Waals surface area contributed by atoms with Crippen molar-refractivity contribution in [1.29, 1.82) is 0 Å². The van der Waals surface area contributed by atoms with Crippen molar-refractivity contribution in [2.24, 2.45) is 5.73 Å². The van der Waals surface area contributed by atoms with Crippen LogP contribution in [-0.2, 0) is 27.2 Å². The van der Waals surface area contributed by atoms with E-state index in [1.54, 1.807) is 0 Å². The largest absolute Gasteiger partial charge is 0.378 e. The second kappa shape index (κ2) is 16.1. The second-order valence-corrected chi connectivity index (χ2v) is 8.81. The van der Waals surface area contributed by atoms with Gasteiger partial charge in [-0.25, -0.2) is 0 Å². The lowest BCUT2D eigenvalue weighted by molar-refractivity contribution is -0.120. The Bertz CT molecular complexity index is 1100. The third kappa shape index (κ3) is 11.1. The number of hydrogen-bond donors (Lipinski definition) is 5. The zero-order chi connectivity index (χ0) is 27.0. The van der Waals surface area contributed by atoms with Gasteiger partial charge in [-0.15, -0.1) is 0 Å². The number of ether oxygens (including phenoxy) is 2. The van der Waals surface area contributed by atoms with Gasteiger partial charge >= 0.3 is 0 Å². The third-order valence-electron chi connectivity index (χ3n) is 5.12. The summed E-state index contributed by atoms with van der Waals surface area (Å²) in [6.07, 6.45) is 0.279. The normalized spacial score (nSPS) is 10.8. The van der Waals surface area contributed by atoms with Gasteiger partial charge in [-0.1, -0.05) is 42.5 Å². The van der Waals surface area contributed by atoms with E-state index in [9.17, 15) is 4.79 Å². The minimum Gasteiger partial charge on any atom is -0.378 e. The Hall–Kier alpha value is -3.80. The van der Waals surface area contributed by atoms with Crippen molar-refractivity contribution in [3.05, 3.63) is 65.7 Å². The number of aromatic nitrogens is 3. The van der Waals surface area contributed by atoms with Gasteiger partial charge in [-0.05, 0) is 37.1 Å². The summed E-state index contributed by atoms with van der Waals surface area (Å²) in [5, 5.41) is 12.6. The van der Waals surface area contributed by atoms with Crippen molar-refractivity contribution in [2.45, 2.75) is 32.9 Å². The van der Waals surface area contributed by atoms with Gasteiger partial charge in [0.2, 0.25) is 23.8 Å². The highest BCUT2D eigenvalue weighted by Crippen LogP contribution is 2.18. The van der Waals surface area contributed by atoms with Gasteiger partial charge in [0.15, 0.2) is 0 Å². The molecule has 0 aliphatic heterocycles. The molecule has 1 aromatic heterocycles. The number of amides is 1. The fourth-order valence-corrected chi connectivity index (χ4v) is 3.36. The van der Waals surface area contributed by atoms with Gasteiger partial charge in [0.1, 0.15) is 0 Å². The number of benzene rings is 2. The Morgan fingerprint density at radius 3 is 2.24 bits per heavy atom. The molecule has 6 N–H and O–H groups in total. The summed E-state index contributed by atoms with van der Waals surface area (Å²) in [7, 11) is 0. The Morgan fingerprint density at radius 1 is 0.842 bits per heavy atom. The molecule has 11 heteroatoms. The standard InChI is InChI=1S/C27H38N8O3/c1-20(2)31-26-33-25(30-19-22-6-4-3-5-7-22)34-27(35-26)32-23-10-8-21(9-11-23)18-24(36)29-13-15-38-17-16-37-14-12-28/h3-11,20H,12-19,28H2,1-2H3,(H,29,36)(H3,30,31,32,33,34,35). The fourth-order valence-electron chi connectivity index (χ4n) is 3.36. The van der Waals surface area contributed by atoms with E-state index < -0.39 is 0 Å². The van der Waals surface area contributed by atoms with Crippen LogP contribution >= 0.6 is 0 Å². The minimum atomic E-state index is -0.0651. The lowest BCUT2D eigenvalue weighted by Gasteiger charge is -2.13. The summed E-state index contributed by atoms with van der Waals surface area (Å²) in [6.45, 7) is 7.51. The van der Waals surface area contributed by atoms with Gasteiger partial charge in [-0.2, -0.15) is 15.0 Å². The van der Waals surface area contributed by atoms with Crippen LogP contribution in [0, 0.1) is 0 Å². The smallest absolute Gasteiger partial charge is 0.233 e. The summed E-state index contributed by atoms with van der Waals surface area (Å²) < 4.78 is 10.6. The van der Waals surface area contributed by atoms with Gasteiger partial charge < -0.3 is 36.5 Å². The number of hydrogen-bond acceptors (Lipinski definition) is 10. The number of anilines is 4. The van der Waals surface area contributed by atoms with Crippen LogP contribution in [0.1, 0.15) is 25.0 Å². The minimum absolute atomic E-state index is 0.0651. The van der Waals surface area contributed by atoms with E-state index in [-0.39, 0.29) is 18.4 Å². The maximum absolute atomic E-state index is 12.2. The summed E-state index contributed by atoms with van der Waals surface area (Å²) in [4.78, 5) is 25.7. The van der Waals surface area contributed by atoms with Crippen LogP contribution in [0.4, 0.5) is 23.5 Å². The molecule has 0 saturated carbocycles. The number of carbonyl (C=O) groups is 1. The van der Waals surface area contributed by atoms with Crippen LogP contribution in [0.25, 0.3) is 0 Å². The molecule has 0 saturated heterocycles. The number of rotatable bonds is 17. The predicted molar refractivity (Wildman–Crippen MR) is 149 cm³/mol. The van der Waals surface area contributed by atoms with Crippen molar-refractivity contribution in [3.8, 4) is 0 Å². The molecule has 3 aromatic rings. The molecular formula is C27H38N8O3. The lowest BCUT2D eigenvalue weighted by atomic mass is 10.1. The third-order valence-corrected chi connectivity index (χ3v) is 5.12. The van der Waals surface area contributed by atoms with Crippen LogP contribution in [-0.4, -0.2) is 66.4 Å². The highest BCUT2D eigenvalue weighted by Gasteiger charge is 2.09. The average Bonchev–Trinajstić information content (AvgIpc) is 2.90. The Morgan fingerprint density at radius 2 is 1.53 bits per heavy atom. The molecule has 1 heterocycles. The Balaban J connectivity index is 1.50. The first-order chi connectivity index (χ1) is 18.5. The van der Waals surface area contributed by atoms with Crippen LogP contribution in [0.3, 0.4) is 0 Å². The van der Waals surface area contributed by atoms with E-state index in [2.05, 4.69) is 36.2 Å². The number of nitrogens with two attached hydrogens (primary N) is 1. The number of nitrogens with one attached hydrogen (secondary N) is 4. The average molecular weight is 523 g/mol. The summed E-state index contributed by atoms with van der Waals surface area (Å²) in [6, 6.07) is 17.8. The van der Waals surface area contributed by atoms with Crippen molar-refractivity contribution < 1.29 is 14.3 Å². The monoisotopic (exact) mass is 522 g/mol. The molecule has 1 amide bonds. The molecule has 11 nitrogen and oxygen atoms in total. The molecular weight excluding hydrogens is 484 g/mol. The van der Waals surface area contributed by atoms with Gasteiger partial charge in [0.05, 0.1) is 32.8 Å². The maximum atomic E-state index is 12.2. The van der Waals surface area contributed by atoms with Gasteiger partial charge in [-0.3, -0.25) is 4.79 Å². The summed E-state index contributed by atoms with van der Waals surface area (Å²) in [5.74, 6) is 1.30. The molecule has 0 aliphatic carbocycles. The van der Waals surface area contributed by atoms with Gasteiger partial charge in [0, 0.05) is 31.4 Å². The molecule has 0 spiro atoms. The Kier molecular flexibility index (Phi) is 12.2.